The minimum Gasteiger partial charge on any atom is -0.478 e. The molecule has 0 fully saturated rings. The molecule has 0 amide bonds. The van der Waals surface area contributed by atoms with Crippen LogP contribution in [0.2, 0.25) is 0 Å². The highest BCUT2D eigenvalue weighted by Gasteiger charge is 2.24. The van der Waals surface area contributed by atoms with E-state index >= 15 is 0 Å². The van der Waals surface area contributed by atoms with Gasteiger partial charge in [-0.15, -0.1) is 0 Å². The summed E-state index contributed by atoms with van der Waals surface area (Å²) in [5.74, 6) is -0.911. The second-order valence-electron chi connectivity index (χ2n) is 5.22. The van der Waals surface area contributed by atoms with E-state index in [4.69, 9.17) is 5.11 Å². The van der Waals surface area contributed by atoms with Crippen LogP contribution in [0.25, 0.3) is 0 Å². The average molecular weight is 319 g/mol. The zero-order valence-corrected chi connectivity index (χ0v) is 13.0. The number of hydrogen-bond acceptors (Lipinski definition) is 3. The summed E-state index contributed by atoms with van der Waals surface area (Å²) >= 11 is 1.75. The Bertz CT molecular complexity index is 844. The lowest BCUT2D eigenvalue weighted by atomic mass is 10.1. The van der Waals surface area contributed by atoms with E-state index in [1.54, 1.807) is 23.9 Å². The molecule has 1 N–H and O–H groups in total. The molecular formula is C19H13NO2S. The normalized spacial score (nSPS) is 12.4. The fourth-order valence-corrected chi connectivity index (χ4v) is 3.79. The minimum atomic E-state index is -0.911. The number of aromatic carboxylic acids is 1. The van der Waals surface area contributed by atoms with Crippen LogP contribution in [-0.4, -0.2) is 11.1 Å². The van der Waals surface area contributed by atoms with Gasteiger partial charge in [0.2, 0.25) is 0 Å². The highest BCUT2D eigenvalue weighted by molar-refractivity contribution is 7.99. The number of para-hydroxylation sites is 2. The van der Waals surface area contributed by atoms with Crippen molar-refractivity contribution in [2.45, 2.75) is 9.79 Å². The molecule has 1 aliphatic rings. The third-order valence-electron chi connectivity index (χ3n) is 3.80. The lowest BCUT2D eigenvalue weighted by Gasteiger charge is -2.32. The molecule has 0 saturated carbocycles. The van der Waals surface area contributed by atoms with Gasteiger partial charge in [0.15, 0.2) is 0 Å². The molecule has 0 radical (unpaired) electrons. The molecule has 0 aliphatic carbocycles. The number of hydrogen-bond donors (Lipinski definition) is 1. The van der Waals surface area contributed by atoms with Gasteiger partial charge in [-0.25, -0.2) is 4.79 Å². The molecule has 1 aliphatic heterocycles. The predicted molar refractivity (Wildman–Crippen MR) is 92.2 cm³/mol. The van der Waals surface area contributed by atoms with E-state index in [0.29, 0.717) is 5.56 Å². The third-order valence-corrected chi connectivity index (χ3v) is 4.93. The van der Waals surface area contributed by atoms with Gasteiger partial charge in [0, 0.05) is 15.5 Å². The van der Waals surface area contributed by atoms with Crippen molar-refractivity contribution in [3.05, 3.63) is 78.4 Å². The Labute approximate surface area is 138 Å². The monoisotopic (exact) mass is 319 g/mol. The zero-order valence-electron chi connectivity index (χ0n) is 12.1. The summed E-state index contributed by atoms with van der Waals surface area (Å²) in [4.78, 5) is 15.6. The summed E-state index contributed by atoms with van der Waals surface area (Å²) in [5, 5.41) is 9.08. The smallest absolute Gasteiger partial charge is 0.335 e. The minimum absolute atomic E-state index is 0.293. The van der Waals surface area contributed by atoms with Gasteiger partial charge < -0.3 is 10.0 Å². The van der Waals surface area contributed by atoms with E-state index in [0.717, 1.165) is 17.1 Å². The van der Waals surface area contributed by atoms with Gasteiger partial charge in [0.05, 0.1) is 16.9 Å². The maximum Gasteiger partial charge on any atom is 0.335 e. The van der Waals surface area contributed by atoms with Gasteiger partial charge in [-0.3, -0.25) is 0 Å². The molecule has 0 unspecified atom stereocenters. The second-order valence-corrected chi connectivity index (χ2v) is 6.31. The first-order valence-electron chi connectivity index (χ1n) is 7.23. The topological polar surface area (TPSA) is 40.5 Å². The number of carbonyl (C=O) groups is 1. The summed E-state index contributed by atoms with van der Waals surface area (Å²) < 4.78 is 0. The third kappa shape index (κ3) is 2.37. The second kappa shape index (κ2) is 5.48. The summed E-state index contributed by atoms with van der Waals surface area (Å²) in [5.41, 5.74) is 3.47. The van der Waals surface area contributed by atoms with E-state index < -0.39 is 5.97 Å². The first-order valence-corrected chi connectivity index (χ1v) is 8.05. The van der Waals surface area contributed by atoms with E-state index in [9.17, 15) is 4.79 Å². The van der Waals surface area contributed by atoms with Crippen LogP contribution in [0.3, 0.4) is 0 Å². The van der Waals surface area contributed by atoms with Crippen LogP contribution >= 0.6 is 11.8 Å². The molecule has 0 aromatic heterocycles. The van der Waals surface area contributed by atoms with E-state index in [2.05, 4.69) is 29.2 Å². The molecule has 0 bridgehead atoms. The molecule has 112 valence electrons. The lowest BCUT2D eigenvalue weighted by Crippen LogP contribution is -2.14. The van der Waals surface area contributed by atoms with Crippen LogP contribution < -0.4 is 4.90 Å². The van der Waals surface area contributed by atoms with Crippen molar-refractivity contribution in [2.24, 2.45) is 0 Å². The van der Waals surface area contributed by atoms with E-state index in [1.807, 2.05) is 36.4 Å². The maximum atomic E-state index is 11.1. The van der Waals surface area contributed by atoms with Crippen molar-refractivity contribution >= 4 is 34.8 Å². The number of rotatable bonds is 2. The van der Waals surface area contributed by atoms with E-state index in [1.165, 1.54) is 9.79 Å². The zero-order chi connectivity index (χ0) is 15.8. The van der Waals surface area contributed by atoms with Crippen molar-refractivity contribution in [1.29, 1.82) is 0 Å². The Morgan fingerprint density at radius 3 is 1.83 bits per heavy atom. The molecule has 1 heterocycles. The van der Waals surface area contributed by atoms with Gasteiger partial charge >= 0.3 is 5.97 Å². The Kier molecular flexibility index (Phi) is 3.32. The van der Waals surface area contributed by atoms with Crippen LogP contribution in [0.15, 0.2) is 82.6 Å². The molecule has 4 heteroatoms. The summed E-state index contributed by atoms with van der Waals surface area (Å²) in [6.07, 6.45) is 0. The molecule has 3 aromatic carbocycles. The number of carboxylic acids is 1. The SMILES string of the molecule is O=C(O)c1ccc(N2c3ccccc3Sc3ccccc32)cc1. The molecule has 4 rings (SSSR count). The summed E-state index contributed by atoms with van der Waals surface area (Å²) in [6, 6.07) is 23.5. The Morgan fingerprint density at radius 2 is 1.30 bits per heavy atom. The van der Waals surface area contributed by atoms with Crippen molar-refractivity contribution in [3.8, 4) is 0 Å². The van der Waals surface area contributed by atoms with Crippen LogP contribution in [0.1, 0.15) is 10.4 Å². The first-order chi connectivity index (χ1) is 11.2. The highest BCUT2D eigenvalue weighted by atomic mass is 32.2. The van der Waals surface area contributed by atoms with Gasteiger partial charge in [-0.2, -0.15) is 0 Å². The summed E-state index contributed by atoms with van der Waals surface area (Å²) in [6.45, 7) is 0. The fraction of sp³-hybridized carbons (Fsp3) is 0. The number of nitrogens with zero attached hydrogens (tertiary/aromatic N) is 1. The largest absolute Gasteiger partial charge is 0.478 e. The van der Waals surface area contributed by atoms with Gasteiger partial charge in [-0.05, 0) is 48.5 Å². The number of fused-ring (bicyclic) bond motifs is 2. The average Bonchev–Trinajstić information content (AvgIpc) is 2.59. The molecule has 3 aromatic rings. The molecule has 0 atom stereocenters. The van der Waals surface area contributed by atoms with Crippen LogP contribution in [-0.2, 0) is 0 Å². The van der Waals surface area contributed by atoms with E-state index in [-0.39, 0.29) is 0 Å². The molecule has 23 heavy (non-hydrogen) atoms. The number of benzene rings is 3. The van der Waals surface area contributed by atoms with Gasteiger partial charge in [0.25, 0.3) is 0 Å². The molecular weight excluding hydrogens is 306 g/mol. The predicted octanol–water partition coefficient (Wildman–Crippen LogP) is 5.32. The Morgan fingerprint density at radius 1 is 0.783 bits per heavy atom. The van der Waals surface area contributed by atoms with Crippen molar-refractivity contribution in [2.75, 3.05) is 4.90 Å². The number of carboxylic acid groups (broad SMARTS) is 1. The van der Waals surface area contributed by atoms with Gasteiger partial charge in [0.1, 0.15) is 0 Å². The van der Waals surface area contributed by atoms with Crippen molar-refractivity contribution in [3.63, 3.8) is 0 Å². The van der Waals surface area contributed by atoms with Crippen molar-refractivity contribution in [1.82, 2.24) is 0 Å². The lowest BCUT2D eigenvalue weighted by molar-refractivity contribution is 0.0697. The fourth-order valence-electron chi connectivity index (χ4n) is 2.74. The van der Waals surface area contributed by atoms with Crippen LogP contribution in [0.5, 0.6) is 0 Å². The van der Waals surface area contributed by atoms with Crippen LogP contribution in [0.4, 0.5) is 17.1 Å². The van der Waals surface area contributed by atoms with Crippen LogP contribution in [0, 0.1) is 0 Å². The highest BCUT2D eigenvalue weighted by Crippen LogP contribution is 2.50. The van der Waals surface area contributed by atoms with Crippen molar-refractivity contribution < 1.29 is 9.90 Å². The first kappa shape index (κ1) is 13.9. The van der Waals surface area contributed by atoms with Gasteiger partial charge in [-0.1, -0.05) is 36.0 Å². The maximum absolute atomic E-state index is 11.1. The molecule has 0 spiro atoms. The quantitative estimate of drug-likeness (QED) is 0.543. The Balaban J connectivity index is 1.89. The molecule has 0 saturated heterocycles. The standard InChI is InChI=1S/C19H13NO2S/c21-19(22)13-9-11-14(12-10-13)20-15-5-1-3-7-17(15)23-18-8-4-2-6-16(18)20/h1-12H,(H,21,22). The summed E-state index contributed by atoms with van der Waals surface area (Å²) in [7, 11) is 0. The number of anilines is 3. The molecule has 3 nitrogen and oxygen atoms in total. The Hall–Kier alpha value is -2.72.